The Hall–Kier alpha value is -4.07. The van der Waals surface area contributed by atoms with E-state index in [2.05, 4.69) is 31.5 Å². The highest BCUT2D eigenvalue weighted by Crippen LogP contribution is 2.45. The number of benzene rings is 1. The van der Waals surface area contributed by atoms with E-state index in [1.54, 1.807) is 12.1 Å². The van der Waals surface area contributed by atoms with Crippen LogP contribution < -0.4 is 25.7 Å². The van der Waals surface area contributed by atoms with E-state index in [9.17, 15) is 29.1 Å². The van der Waals surface area contributed by atoms with Gasteiger partial charge in [0.05, 0.1) is 23.6 Å². The molecule has 4 aliphatic rings. The van der Waals surface area contributed by atoms with E-state index in [0.29, 0.717) is 34.0 Å². The molecule has 258 valence electrons. The first-order valence-electron chi connectivity index (χ1n) is 16.6. The van der Waals surface area contributed by atoms with Crippen LogP contribution in [0.1, 0.15) is 70.6 Å². The zero-order valence-corrected chi connectivity index (χ0v) is 28.4. The summed E-state index contributed by atoms with van der Waals surface area (Å²) in [7, 11) is 1.51. The number of nitrogens with zero attached hydrogens (tertiary/aromatic N) is 1. The Morgan fingerprint density at radius 3 is 2.58 bits per heavy atom. The van der Waals surface area contributed by atoms with E-state index in [4.69, 9.17) is 14.2 Å². The second-order valence-electron chi connectivity index (χ2n) is 13.2. The van der Waals surface area contributed by atoms with Gasteiger partial charge in [-0.2, -0.15) is 0 Å². The van der Waals surface area contributed by atoms with Gasteiger partial charge >= 0.3 is 12.1 Å². The van der Waals surface area contributed by atoms with Gasteiger partial charge in [0.2, 0.25) is 11.8 Å². The van der Waals surface area contributed by atoms with Gasteiger partial charge in [0.25, 0.3) is 5.56 Å². The fourth-order valence-corrected chi connectivity index (χ4v) is 7.78. The molecule has 13 nitrogen and oxygen atoms in total. The van der Waals surface area contributed by atoms with Gasteiger partial charge in [0, 0.05) is 36.3 Å². The molecule has 2 aromatic rings. The number of hydrogen-bond acceptors (Lipinski definition) is 8. The number of ether oxygens (including phenoxy) is 3. The molecule has 48 heavy (non-hydrogen) atoms. The maximum Gasteiger partial charge on any atom is 0.407 e. The lowest BCUT2D eigenvalue weighted by Crippen LogP contribution is -2.53. The summed E-state index contributed by atoms with van der Waals surface area (Å²) in [5, 5.41) is 16.3. The van der Waals surface area contributed by atoms with E-state index in [-0.39, 0.29) is 49.5 Å². The summed E-state index contributed by atoms with van der Waals surface area (Å²) in [5.41, 5.74) is -1.39. The lowest BCUT2D eigenvalue weighted by atomic mass is 10.0. The Labute approximate surface area is 285 Å². The number of halogens is 1. The fourth-order valence-electron chi connectivity index (χ4n) is 7.17. The number of methoxy groups -OCH3 is 1. The van der Waals surface area contributed by atoms with Crippen molar-refractivity contribution in [3.05, 3.63) is 45.2 Å². The zero-order chi connectivity index (χ0) is 34.0. The van der Waals surface area contributed by atoms with E-state index in [0.717, 1.165) is 38.5 Å². The number of allylic oxidation sites excluding steroid dienone is 1. The van der Waals surface area contributed by atoms with Crippen molar-refractivity contribution in [1.29, 1.82) is 0 Å². The SMILES string of the molecule is COc1ccc2c(O[C@@H]3C[C@H]4C(=O)N[C@]5(C(=O)O)C[C@@H]5/C=C\CCCC[C@H](NC(=O)OC5CCCC5)CC(=O)N4C3)cc(=O)[nH]c2c1Br. The molecule has 0 spiro atoms. The van der Waals surface area contributed by atoms with Crippen LogP contribution in [0.2, 0.25) is 0 Å². The van der Waals surface area contributed by atoms with Gasteiger partial charge in [0.1, 0.15) is 35.3 Å². The summed E-state index contributed by atoms with van der Waals surface area (Å²) >= 11 is 3.47. The highest BCUT2D eigenvalue weighted by Gasteiger charge is 2.61. The zero-order valence-electron chi connectivity index (χ0n) is 26.8. The third-order valence-corrected chi connectivity index (χ3v) is 10.7. The van der Waals surface area contributed by atoms with Gasteiger partial charge in [-0.25, -0.2) is 9.59 Å². The van der Waals surface area contributed by atoms with Crippen LogP contribution in [0.3, 0.4) is 0 Å². The first-order chi connectivity index (χ1) is 23.1. The third kappa shape index (κ3) is 7.18. The highest BCUT2D eigenvalue weighted by atomic mass is 79.9. The quantitative estimate of drug-likeness (QED) is 0.318. The van der Waals surface area contributed by atoms with Crippen LogP contribution in [0.4, 0.5) is 4.79 Å². The van der Waals surface area contributed by atoms with E-state index in [1.165, 1.54) is 18.1 Å². The van der Waals surface area contributed by atoms with Crippen LogP contribution in [0.15, 0.2) is 39.6 Å². The highest BCUT2D eigenvalue weighted by molar-refractivity contribution is 9.10. The summed E-state index contributed by atoms with van der Waals surface area (Å²) in [4.78, 5) is 69.9. The number of amides is 3. The Balaban J connectivity index is 1.26. The maximum absolute atomic E-state index is 14.0. The van der Waals surface area contributed by atoms with Crippen LogP contribution in [0, 0.1) is 5.92 Å². The molecule has 1 aromatic carbocycles. The second-order valence-corrected chi connectivity index (χ2v) is 14.0. The largest absolute Gasteiger partial charge is 0.495 e. The van der Waals surface area contributed by atoms with E-state index < -0.39 is 47.3 Å². The second kappa shape index (κ2) is 14.2. The van der Waals surface area contributed by atoms with Gasteiger partial charge in [0.15, 0.2) is 0 Å². The van der Waals surface area contributed by atoms with Crippen molar-refractivity contribution in [2.45, 2.75) is 100 Å². The van der Waals surface area contributed by atoms with Gasteiger partial charge in [-0.3, -0.25) is 14.4 Å². The van der Waals surface area contributed by atoms with E-state index >= 15 is 0 Å². The van der Waals surface area contributed by atoms with Crippen LogP contribution in [0.5, 0.6) is 11.5 Å². The molecule has 1 aromatic heterocycles. The molecule has 0 radical (unpaired) electrons. The standard InChI is InChI=1S/C34H41BrN4O9/c1-46-25-13-12-23-26(16-27(40)37-30(23)29(25)35)47-22-15-24-31(42)38-34(32(43)44)17-19(34)8-4-2-3-5-9-20(14-28(41)39(24)18-22)36-33(45)48-21-10-6-7-11-21/h4,8,12-13,16,19-22,24H,2-3,5-7,9-11,14-15,17-18H2,1H3,(H,36,45)(H,37,40)(H,38,42)(H,43,44)/b8-4-/t19-,20-,22+,24-,34+/m0/s1. The Morgan fingerprint density at radius 1 is 1.06 bits per heavy atom. The normalized spacial score (nSPS) is 28.8. The van der Waals surface area contributed by atoms with Crippen molar-refractivity contribution >= 4 is 50.7 Å². The number of aliphatic carboxylic acids is 1. The number of rotatable bonds is 6. The molecule has 5 atom stereocenters. The molecule has 4 N–H and O–H groups in total. The van der Waals surface area contributed by atoms with Crippen molar-refractivity contribution in [1.82, 2.24) is 20.5 Å². The number of hydrogen-bond donors (Lipinski definition) is 4. The monoisotopic (exact) mass is 728 g/mol. The molecule has 3 amide bonds. The summed E-state index contributed by atoms with van der Waals surface area (Å²) in [5.74, 6) is -1.67. The molecule has 14 heteroatoms. The number of alkyl carbamates (subject to hydrolysis) is 1. The van der Waals surface area contributed by atoms with Crippen molar-refractivity contribution in [3.63, 3.8) is 0 Å². The van der Waals surface area contributed by atoms with E-state index in [1.807, 2.05) is 12.2 Å². The van der Waals surface area contributed by atoms with Crippen LogP contribution in [0.25, 0.3) is 10.9 Å². The number of H-pyrrole nitrogens is 1. The minimum absolute atomic E-state index is 0.0190. The lowest BCUT2D eigenvalue weighted by molar-refractivity contribution is -0.145. The number of pyridine rings is 1. The minimum Gasteiger partial charge on any atom is -0.495 e. The lowest BCUT2D eigenvalue weighted by Gasteiger charge is -2.27. The number of carboxylic acids is 1. The number of carbonyl (C=O) groups is 4. The minimum atomic E-state index is -1.44. The fraction of sp³-hybridized carbons (Fsp3) is 0.559. The van der Waals surface area contributed by atoms with Crippen molar-refractivity contribution in [2.75, 3.05) is 13.7 Å². The molecule has 0 unspecified atom stereocenters. The van der Waals surface area contributed by atoms with Gasteiger partial charge in [-0.1, -0.05) is 18.6 Å². The number of aromatic amines is 1. The summed E-state index contributed by atoms with van der Waals surface area (Å²) in [6.07, 6.45) is 9.09. The molecule has 0 bridgehead atoms. The Morgan fingerprint density at radius 2 is 1.83 bits per heavy atom. The molecular formula is C34H41BrN4O9. The molecule has 2 saturated carbocycles. The first kappa shape index (κ1) is 33.8. The number of carbonyl (C=O) groups excluding carboxylic acids is 3. The van der Waals surface area contributed by atoms with Crippen molar-refractivity contribution in [3.8, 4) is 11.5 Å². The van der Waals surface area contributed by atoms with Crippen LogP contribution in [-0.4, -0.2) is 82.4 Å². The number of fused-ring (bicyclic) bond motifs is 3. The predicted octanol–water partition coefficient (Wildman–Crippen LogP) is 4.16. The van der Waals surface area contributed by atoms with Crippen LogP contribution >= 0.6 is 15.9 Å². The molecule has 6 rings (SSSR count). The average Bonchev–Trinajstić information content (AvgIpc) is 3.33. The topological polar surface area (TPSA) is 176 Å². The third-order valence-electron chi connectivity index (χ3n) is 9.88. The molecule has 1 saturated heterocycles. The molecule has 3 heterocycles. The summed E-state index contributed by atoms with van der Waals surface area (Å²) < 4.78 is 17.9. The maximum atomic E-state index is 14.0. The number of nitrogens with one attached hydrogen (secondary N) is 3. The summed E-state index contributed by atoms with van der Waals surface area (Å²) in [6, 6.07) is 3.24. The Bertz CT molecular complexity index is 1670. The predicted molar refractivity (Wildman–Crippen MR) is 178 cm³/mol. The van der Waals surface area contributed by atoms with Crippen molar-refractivity contribution < 1.29 is 38.5 Å². The van der Waals surface area contributed by atoms with Gasteiger partial charge in [-0.05, 0) is 79.4 Å². The van der Waals surface area contributed by atoms with Crippen molar-refractivity contribution in [2.24, 2.45) is 5.92 Å². The number of carboxylic acid groups (broad SMARTS) is 1. The smallest absolute Gasteiger partial charge is 0.407 e. The van der Waals surface area contributed by atoms with Crippen LogP contribution in [-0.2, 0) is 19.1 Å². The number of aromatic nitrogens is 1. The van der Waals surface area contributed by atoms with Gasteiger partial charge in [-0.15, -0.1) is 0 Å². The van der Waals surface area contributed by atoms with Gasteiger partial charge < -0.3 is 39.8 Å². The molecule has 2 aliphatic heterocycles. The molecule has 2 aliphatic carbocycles. The molecule has 3 fully saturated rings. The first-order valence-corrected chi connectivity index (χ1v) is 17.4. The summed E-state index contributed by atoms with van der Waals surface area (Å²) in [6.45, 7) is 0.0190. The molecular weight excluding hydrogens is 688 g/mol. The Kier molecular flexibility index (Phi) is 10.00. The average molecular weight is 730 g/mol.